The van der Waals surface area contributed by atoms with Gasteiger partial charge in [0.15, 0.2) is 0 Å². The first kappa shape index (κ1) is 27.1. The number of fused-ring (bicyclic) bond motifs is 2. The Bertz CT molecular complexity index is 1450. The molecule has 0 spiro atoms. The van der Waals surface area contributed by atoms with Crippen LogP contribution >= 0.6 is 0 Å². The zero-order valence-corrected chi connectivity index (χ0v) is 23.1. The summed E-state index contributed by atoms with van der Waals surface area (Å²) >= 11 is 0. The van der Waals surface area contributed by atoms with E-state index in [9.17, 15) is 18.0 Å². The topological polar surface area (TPSA) is 86.8 Å². The molecule has 0 atom stereocenters. The number of hydrogen-bond donors (Lipinski definition) is 1. The molecule has 1 N–H and O–H groups in total. The molecule has 204 valence electrons. The summed E-state index contributed by atoms with van der Waals surface area (Å²) in [4.78, 5) is 30.7. The van der Waals surface area contributed by atoms with Gasteiger partial charge in [-0.15, -0.1) is 0 Å². The molecule has 3 aromatic carbocycles. The first-order chi connectivity index (χ1) is 18.9. The summed E-state index contributed by atoms with van der Waals surface area (Å²) in [6, 6.07) is 20.8. The number of amides is 2. The smallest absolute Gasteiger partial charge is 0.259 e. The van der Waals surface area contributed by atoms with Gasteiger partial charge in [-0.2, -0.15) is 0 Å². The van der Waals surface area contributed by atoms with E-state index >= 15 is 0 Å². The van der Waals surface area contributed by atoms with E-state index in [4.69, 9.17) is 0 Å². The van der Waals surface area contributed by atoms with Crippen molar-refractivity contribution in [2.45, 2.75) is 60.9 Å². The number of nitrogens with one attached hydrogen (secondary N) is 1. The van der Waals surface area contributed by atoms with E-state index in [2.05, 4.69) is 17.3 Å². The van der Waals surface area contributed by atoms with Crippen molar-refractivity contribution in [3.63, 3.8) is 0 Å². The van der Waals surface area contributed by atoms with E-state index in [0.717, 1.165) is 18.5 Å². The van der Waals surface area contributed by atoms with Crippen LogP contribution in [0.25, 0.3) is 0 Å². The molecule has 1 aliphatic carbocycles. The Labute approximate surface area is 230 Å². The molecule has 39 heavy (non-hydrogen) atoms. The largest absolute Gasteiger partial charge is 0.352 e. The van der Waals surface area contributed by atoms with Crippen LogP contribution in [0.15, 0.2) is 82.6 Å². The normalized spacial score (nSPS) is 16.9. The Balaban J connectivity index is 1.39. The lowest BCUT2D eigenvalue weighted by Crippen LogP contribution is -2.36. The number of sulfone groups is 1. The van der Waals surface area contributed by atoms with Gasteiger partial charge in [0.05, 0.1) is 27.6 Å². The highest BCUT2D eigenvalue weighted by Gasteiger charge is 2.36. The number of anilines is 1. The maximum Gasteiger partial charge on any atom is 0.259 e. The van der Waals surface area contributed by atoms with Gasteiger partial charge in [-0.25, -0.2) is 8.42 Å². The van der Waals surface area contributed by atoms with E-state index in [1.807, 2.05) is 30.3 Å². The first-order valence-electron chi connectivity index (χ1n) is 13.7. The molecule has 0 aromatic heterocycles. The fourth-order valence-electron chi connectivity index (χ4n) is 5.61. The second kappa shape index (κ2) is 11.7. The van der Waals surface area contributed by atoms with Crippen LogP contribution in [0.1, 0.15) is 64.8 Å². The maximum absolute atomic E-state index is 13.7. The zero-order valence-electron chi connectivity index (χ0n) is 22.3. The molecule has 1 heterocycles. The minimum atomic E-state index is -3.98. The standard InChI is InChI=1S/C31H35N3O4S/c1-33(25-13-6-3-7-14-25)20-10-19-32-30(35)24-17-18-29-27(21-24)34(22-23-11-4-2-5-12-23)31(36)26-15-8-9-16-28(26)39(29,37)38/h2,4-5,8-9,11-12,15-18,21,25H,3,6-7,10,13-14,19-20,22H2,1H3,(H,32,35). The predicted octanol–water partition coefficient (Wildman–Crippen LogP) is 5.06. The number of benzene rings is 3. The van der Waals surface area contributed by atoms with Crippen molar-refractivity contribution in [3.05, 3.63) is 89.5 Å². The number of rotatable bonds is 8. The molecule has 1 fully saturated rings. The molecule has 5 rings (SSSR count). The van der Waals surface area contributed by atoms with Crippen molar-refractivity contribution in [2.75, 3.05) is 25.0 Å². The fraction of sp³-hybridized carbons (Fsp3) is 0.355. The SMILES string of the molecule is CN(CCCNC(=O)c1ccc2c(c1)N(Cc1ccccc1)C(=O)c1ccccc1S2(=O)=O)C1CCCCC1. The number of carbonyl (C=O) groups excluding carboxylic acids is 2. The number of hydrogen-bond acceptors (Lipinski definition) is 5. The minimum Gasteiger partial charge on any atom is -0.352 e. The molecule has 0 bridgehead atoms. The summed E-state index contributed by atoms with van der Waals surface area (Å²) in [5.74, 6) is -0.704. The third kappa shape index (κ3) is 5.77. The Kier molecular flexibility index (Phi) is 8.14. The molecule has 0 saturated heterocycles. The highest BCUT2D eigenvalue weighted by atomic mass is 32.2. The van der Waals surface area contributed by atoms with Crippen molar-refractivity contribution in [1.29, 1.82) is 0 Å². The summed E-state index contributed by atoms with van der Waals surface area (Å²) in [6.45, 7) is 1.60. The van der Waals surface area contributed by atoms with E-state index in [-0.39, 0.29) is 33.5 Å². The highest BCUT2D eigenvalue weighted by molar-refractivity contribution is 7.91. The lowest BCUT2D eigenvalue weighted by atomic mass is 9.94. The average Bonchev–Trinajstić information content (AvgIpc) is 3.04. The van der Waals surface area contributed by atoms with Gasteiger partial charge >= 0.3 is 0 Å². The number of carbonyl (C=O) groups is 2. The molecule has 2 amide bonds. The summed E-state index contributed by atoms with van der Waals surface area (Å²) in [5.41, 5.74) is 1.51. The van der Waals surface area contributed by atoms with E-state index in [0.29, 0.717) is 18.2 Å². The Hall–Kier alpha value is -3.49. The molecule has 0 radical (unpaired) electrons. The van der Waals surface area contributed by atoms with Crippen molar-refractivity contribution in [2.24, 2.45) is 0 Å². The summed E-state index contributed by atoms with van der Waals surface area (Å²) in [6.07, 6.45) is 7.20. The lowest BCUT2D eigenvalue weighted by molar-refractivity contribution is 0.0947. The van der Waals surface area contributed by atoms with Crippen molar-refractivity contribution < 1.29 is 18.0 Å². The quantitative estimate of drug-likeness (QED) is 0.400. The van der Waals surface area contributed by atoms with Gasteiger partial charge < -0.3 is 15.1 Å². The van der Waals surface area contributed by atoms with Gasteiger partial charge in [0.2, 0.25) is 9.84 Å². The van der Waals surface area contributed by atoms with Crippen LogP contribution < -0.4 is 10.2 Å². The second-order valence-electron chi connectivity index (χ2n) is 10.4. The third-order valence-corrected chi connectivity index (χ3v) is 9.67. The first-order valence-corrected chi connectivity index (χ1v) is 15.2. The van der Waals surface area contributed by atoms with Crippen LogP contribution in [0.3, 0.4) is 0 Å². The van der Waals surface area contributed by atoms with Crippen LogP contribution in [0.2, 0.25) is 0 Å². The fourth-order valence-corrected chi connectivity index (χ4v) is 7.24. The van der Waals surface area contributed by atoms with Gasteiger partial charge in [0.25, 0.3) is 11.8 Å². The maximum atomic E-state index is 13.7. The monoisotopic (exact) mass is 545 g/mol. The molecule has 1 saturated carbocycles. The minimum absolute atomic E-state index is 0.0161. The predicted molar refractivity (Wildman–Crippen MR) is 152 cm³/mol. The molecule has 2 aliphatic rings. The van der Waals surface area contributed by atoms with Gasteiger partial charge in [0, 0.05) is 18.2 Å². The second-order valence-corrected chi connectivity index (χ2v) is 12.3. The Morgan fingerprint density at radius 3 is 2.44 bits per heavy atom. The molecular formula is C31H35N3O4S. The van der Waals surface area contributed by atoms with Crippen molar-refractivity contribution in [3.8, 4) is 0 Å². The third-order valence-electron chi connectivity index (χ3n) is 7.81. The van der Waals surface area contributed by atoms with Gasteiger partial charge in [-0.05, 0) is 68.8 Å². The van der Waals surface area contributed by atoms with E-state index < -0.39 is 15.7 Å². The van der Waals surface area contributed by atoms with Crippen LogP contribution in [0.4, 0.5) is 5.69 Å². The van der Waals surface area contributed by atoms with Crippen LogP contribution in [0.5, 0.6) is 0 Å². The highest BCUT2D eigenvalue weighted by Crippen LogP contribution is 2.38. The van der Waals surface area contributed by atoms with Gasteiger partial charge in [-0.3, -0.25) is 9.59 Å². The van der Waals surface area contributed by atoms with Crippen LogP contribution in [0, 0.1) is 0 Å². The zero-order chi connectivity index (χ0) is 27.4. The van der Waals surface area contributed by atoms with Gasteiger partial charge in [-0.1, -0.05) is 61.7 Å². The average molecular weight is 546 g/mol. The lowest BCUT2D eigenvalue weighted by Gasteiger charge is -2.31. The molecule has 7 nitrogen and oxygen atoms in total. The van der Waals surface area contributed by atoms with Crippen molar-refractivity contribution in [1.82, 2.24) is 10.2 Å². The Morgan fingerprint density at radius 2 is 1.67 bits per heavy atom. The van der Waals surface area contributed by atoms with Crippen LogP contribution in [-0.2, 0) is 16.4 Å². The molecule has 8 heteroatoms. The van der Waals surface area contributed by atoms with Gasteiger partial charge in [0.1, 0.15) is 0 Å². The molecule has 0 unspecified atom stereocenters. The summed E-state index contributed by atoms with van der Waals surface area (Å²) < 4.78 is 27.3. The number of nitrogens with zero attached hydrogens (tertiary/aromatic N) is 2. The molecular weight excluding hydrogens is 510 g/mol. The van der Waals surface area contributed by atoms with Crippen LogP contribution in [-0.4, -0.2) is 51.3 Å². The van der Waals surface area contributed by atoms with E-state index in [1.54, 1.807) is 12.1 Å². The van der Waals surface area contributed by atoms with Crippen molar-refractivity contribution >= 4 is 27.3 Å². The molecule has 3 aromatic rings. The summed E-state index contributed by atoms with van der Waals surface area (Å²) in [7, 11) is -1.83. The Morgan fingerprint density at radius 1 is 0.949 bits per heavy atom. The molecule has 1 aliphatic heterocycles. The van der Waals surface area contributed by atoms with E-state index in [1.165, 1.54) is 67.3 Å². The summed E-state index contributed by atoms with van der Waals surface area (Å²) in [5, 5.41) is 2.97.